The van der Waals surface area contributed by atoms with Crippen molar-refractivity contribution in [3.8, 4) is 0 Å². The number of amides is 2. The van der Waals surface area contributed by atoms with E-state index in [1.165, 1.54) is 0 Å². The topological polar surface area (TPSA) is 49.4 Å². The molecule has 1 aliphatic heterocycles. The Kier molecular flexibility index (Phi) is 3.49. The molecule has 4 nitrogen and oxygen atoms in total. The van der Waals surface area contributed by atoms with Crippen LogP contribution in [0.15, 0.2) is 0 Å². The number of likely N-dealkylation sites (N-methyl/N-ethyl adjacent to an activating group) is 1. The molecule has 0 radical (unpaired) electrons. The van der Waals surface area contributed by atoms with Crippen molar-refractivity contribution in [1.82, 2.24) is 10.2 Å². The molecule has 1 heterocycles. The lowest BCUT2D eigenvalue weighted by molar-refractivity contribution is -0.140. The summed E-state index contributed by atoms with van der Waals surface area (Å²) in [6, 6.07) is -0.241. The molecule has 1 atom stereocenters. The zero-order valence-electron chi connectivity index (χ0n) is 9.04. The van der Waals surface area contributed by atoms with Crippen LogP contribution in [0.2, 0.25) is 0 Å². The summed E-state index contributed by atoms with van der Waals surface area (Å²) in [5.74, 6) is 0.00727. The number of hydrogen-bond donors (Lipinski definition) is 1. The minimum absolute atomic E-state index is 0.0275. The van der Waals surface area contributed by atoms with Gasteiger partial charge in [-0.3, -0.25) is 9.59 Å². The Hall–Kier alpha value is -1.06. The lowest BCUT2D eigenvalue weighted by Crippen LogP contribution is -2.46. The molecule has 1 aliphatic rings. The highest BCUT2D eigenvalue weighted by Gasteiger charge is 2.34. The summed E-state index contributed by atoms with van der Waals surface area (Å²) in [6.07, 6.45) is 1.72. The lowest BCUT2D eigenvalue weighted by Gasteiger charge is -2.24. The molecule has 0 saturated carbocycles. The van der Waals surface area contributed by atoms with Crippen LogP contribution in [0.3, 0.4) is 0 Å². The van der Waals surface area contributed by atoms with Crippen LogP contribution in [-0.4, -0.2) is 36.3 Å². The maximum Gasteiger partial charge on any atom is 0.242 e. The third-order valence-electron chi connectivity index (χ3n) is 2.58. The number of hydrogen-bond acceptors (Lipinski definition) is 2. The average molecular weight is 198 g/mol. The van der Waals surface area contributed by atoms with Crippen LogP contribution in [0.25, 0.3) is 0 Å². The number of carbonyl (C=O) groups excluding carboxylic acids is 2. The Labute approximate surface area is 84.7 Å². The van der Waals surface area contributed by atoms with Crippen LogP contribution in [0.4, 0.5) is 0 Å². The highest BCUT2D eigenvalue weighted by molar-refractivity contribution is 5.88. The molecule has 80 valence electrons. The molecule has 0 aromatic rings. The van der Waals surface area contributed by atoms with E-state index in [-0.39, 0.29) is 23.8 Å². The van der Waals surface area contributed by atoms with E-state index in [0.29, 0.717) is 0 Å². The first-order valence-corrected chi connectivity index (χ1v) is 5.10. The van der Waals surface area contributed by atoms with E-state index in [1.54, 1.807) is 11.9 Å². The molecular formula is C10H18N2O2. The monoisotopic (exact) mass is 198 g/mol. The van der Waals surface area contributed by atoms with Gasteiger partial charge in [0.2, 0.25) is 11.8 Å². The van der Waals surface area contributed by atoms with E-state index < -0.39 is 0 Å². The largest absolute Gasteiger partial charge is 0.357 e. The molecule has 1 saturated heterocycles. The maximum absolute atomic E-state index is 11.7. The summed E-state index contributed by atoms with van der Waals surface area (Å²) in [5, 5.41) is 2.60. The third kappa shape index (κ3) is 2.05. The van der Waals surface area contributed by atoms with E-state index in [9.17, 15) is 9.59 Å². The molecule has 4 heteroatoms. The van der Waals surface area contributed by atoms with Gasteiger partial charge in [-0.25, -0.2) is 0 Å². The van der Waals surface area contributed by atoms with Crippen molar-refractivity contribution in [2.24, 2.45) is 5.92 Å². The number of likely N-dealkylation sites (tertiary alicyclic amines) is 1. The van der Waals surface area contributed by atoms with Crippen molar-refractivity contribution in [2.45, 2.75) is 32.7 Å². The summed E-state index contributed by atoms with van der Waals surface area (Å²) in [5.41, 5.74) is 0. The summed E-state index contributed by atoms with van der Waals surface area (Å²) in [7, 11) is 1.61. The van der Waals surface area contributed by atoms with Gasteiger partial charge in [-0.15, -0.1) is 0 Å². The number of rotatable bonds is 2. The van der Waals surface area contributed by atoms with Gasteiger partial charge in [0.15, 0.2) is 0 Å². The van der Waals surface area contributed by atoms with Gasteiger partial charge >= 0.3 is 0 Å². The SMILES string of the molecule is CNC(=O)C1CCCN1C(=O)C(C)C. The van der Waals surface area contributed by atoms with Gasteiger partial charge in [0.05, 0.1) is 0 Å². The highest BCUT2D eigenvalue weighted by Crippen LogP contribution is 2.19. The van der Waals surface area contributed by atoms with Crippen molar-refractivity contribution in [3.05, 3.63) is 0 Å². The first kappa shape index (κ1) is 11.0. The molecule has 0 aromatic carbocycles. The maximum atomic E-state index is 11.7. The Bertz CT molecular complexity index is 238. The Morgan fingerprint density at radius 2 is 2.07 bits per heavy atom. The molecule has 0 spiro atoms. The molecule has 1 N–H and O–H groups in total. The Morgan fingerprint density at radius 1 is 1.43 bits per heavy atom. The van der Waals surface area contributed by atoms with Crippen LogP contribution in [0.5, 0.6) is 0 Å². The summed E-state index contributed by atoms with van der Waals surface area (Å²) in [6.45, 7) is 4.44. The van der Waals surface area contributed by atoms with E-state index in [1.807, 2.05) is 13.8 Å². The Morgan fingerprint density at radius 3 is 2.57 bits per heavy atom. The average Bonchev–Trinajstić information content (AvgIpc) is 2.63. The van der Waals surface area contributed by atoms with Crippen molar-refractivity contribution < 1.29 is 9.59 Å². The van der Waals surface area contributed by atoms with Crippen LogP contribution in [0, 0.1) is 5.92 Å². The molecular weight excluding hydrogens is 180 g/mol. The third-order valence-corrected chi connectivity index (χ3v) is 2.58. The summed E-state index contributed by atoms with van der Waals surface area (Å²) >= 11 is 0. The standard InChI is InChI=1S/C10H18N2O2/c1-7(2)10(14)12-6-4-5-8(12)9(13)11-3/h7-8H,4-6H2,1-3H3,(H,11,13). The predicted octanol–water partition coefficient (Wildman–Crippen LogP) is 0.379. The van der Waals surface area contributed by atoms with Crippen LogP contribution >= 0.6 is 0 Å². The van der Waals surface area contributed by atoms with Crippen molar-refractivity contribution in [2.75, 3.05) is 13.6 Å². The van der Waals surface area contributed by atoms with Gasteiger partial charge in [-0.1, -0.05) is 13.8 Å². The first-order chi connectivity index (χ1) is 6.57. The molecule has 0 aliphatic carbocycles. The quantitative estimate of drug-likeness (QED) is 0.697. The first-order valence-electron chi connectivity index (χ1n) is 5.10. The molecule has 1 rings (SSSR count). The fourth-order valence-corrected chi connectivity index (χ4v) is 1.80. The summed E-state index contributed by atoms with van der Waals surface area (Å²) in [4.78, 5) is 24.9. The summed E-state index contributed by atoms with van der Waals surface area (Å²) < 4.78 is 0. The number of nitrogens with one attached hydrogen (secondary N) is 1. The molecule has 0 bridgehead atoms. The second-order valence-corrected chi connectivity index (χ2v) is 3.96. The predicted molar refractivity (Wildman–Crippen MR) is 53.6 cm³/mol. The van der Waals surface area contributed by atoms with E-state index in [4.69, 9.17) is 0 Å². The van der Waals surface area contributed by atoms with Gasteiger partial charge in [0.25, 0.3) is 0 Å². The van der Waals surface area contributed by atoms with Crippen molar-refractivity contribution in [1.29, 1.82) is 0 Å². The molecule has 2 amide bonds. The van der Waals surface area contributed by atoms with Crippen molar-refractivity contribution in [3.63, 3.8) is 0 Å². The van der Waals surface area contributed by atoms with Gasteiger partial charge < -0.3 is 10.2 Å². The molecule has 14 heavy (non-hydrogen) atoms. The molecule has 1 fully saturated rings. The smallest absolute Gasteiger partial charge is 0.242 e. The van der Waals surface area contributed by atoms with Crippen LogP contribution in [0.1, 0.15) is 26.7 Å². The second-order valence-electron chi connectivity index (χ2n) is 3.96. The molecule has 1 unspecified atom stereocenters. The lowest BCUT2D eigenvalue weighted by atomic mass is 10.1. The minimum Gasteiger partial charge on any atom is -0.357 e. The van der Waals surface area contributed by atoms with Gasteiger partial charge in [-0.2, -0.15) is 0 Å². The second kappa shape index (κ2) is 4.44. The zero-order valence-corrected chi connectivity index (χ0v) is 9.04. The normalized spacial score (nSPS) is 21.4. The van der Waals surface area contributed by atoms with Gasteiger partial charge in [-0.05, 0) is 12.8 Å². The molecule has 0 aromatic heterocycles. The van der Waals surface area contributed by atoms with E-state index in [2.05, 4.69) is 5.32 Å². The fraction of sp³-hybridized carbons (Fsp3) is 0.800. The zero-order chi connectivity index (χ0) is 10.7. The minimum atomic E-state index is -0.241. The van der Waals surface area contributed by atoms with Crippen molar-refractivity contribution >= 4 is 11.8 Å². The Balaban J connectivity index is 2.68. The highest BCUT2D eigenvalue weighted by atomic mass is 16.2. The number of carbonyl (C=O) groups is 2. The van der Waals surface area contributed by atoms with Crippen LogP contribution in [-0.2, 0) is 9.59 Å². The van der Waals surface area contributed by atoms with Crippen LogP contribution < -0.4 is 5.32 Å². The van der Waals surface area contributed by atoms with E-state index >= 15 is 0 Å². The van der Waals surface area contributed by atoms with Gasteiger partial charge in [0.1, 0.15) is 6.04 Å². The van der Waals surface area contributed by atoms with E-state index in [0.717, 1.165) is 19.4 Å². The number of nitrogens with zero attached hydrogens (tertiary/aromatic N) is 1. The fourth-order valence-electron chi connectivity index (χ4n) is 1.80. The van der Waals surface area contributed by atoms with Gasteiger partial charge in [0, 0.05) is 19.5 Å².